The molecule has 2 aromatic heterocycles. The number of carbonyl (C=O) groups excluding carboxylic acids is 1. The second-order valence-corrected chi connectivity index (χ2v) is 7.27. The summed E-state index contributed by atoms with van der Waals surface area (Å²) in [4.78, 5) is 25.3. The van der Waals surface area contributed by atoms with Gasteiger partial charge in [0.1, 0.15) is 5.69 Å². The Morgan fingerprint density at radius 3 is 2.88 bits per heavy atom. The molecule has 6 nitrogen and oxygen atoms in total. The monoisotopic (exact) mass is 369 g/mol. The number of fused-ring (bicyclic) bond motifs is 2. The fraction of sp³-hybridized carbons (Fsp3) is 0.316. The van der Waals surface area contributed by atoms with Crippen molar-refractivity contribution < 1.29 is 4.79 Å². The molecule has 3 aromatic rings. The maximum atomic E-state index is 12.8. The number of hydrogen-bond acceptors (Lipinski definition) is 4. The fourth-order valence-electron chi connectivity index (χ4n) is 3.48. The van der Waals surface area contributed by atoms with E-state index in [1.165, 1.54) is 17.3 Å². The molecule has 3 heterocycles. The number of rotatable bonds is 3. The molecule has 0 radical (unpaired) electrons. The van der Waals surface area contributed by atoms with Crippen LogP contribution in [0.4, 0.5) is 0 Å². The van der Waals surface area contributed by atoms with Gasteiger partial charge in [-0.3, -0.25) is 14.1 Å². The van der Waals surface area contributed by atoms with Crippen molar-refractivity contribution in [3.8, 4) is 0 Å². The summed E-state index contributed by atoms with van der Waals surface area (Å²) in [6.07, 6.45) is 5.83. The highest BCUT2D eigenvalue weighted by molar-refractivity contribution is 6.30. The zero-order chi connectivity index (χ0) is 18.3. The molecule has 0 saturated carbocycles. The zero-order valence-corrected chi connectivity index (χ0v) is 15.5. The van der Waals surface area contributed by atoms with Crippen molar-refractivity contribution in [2.45, 2.75) is 19.0 Å². The summed E-state index contributed by atoms with van der Waals surface area (Å²) in [5.41, 5.74) is 3.10. The lowest BCUT2D eigenvalue weighted by Crippen LogP contribution is -2.46. The van der Waals surface area contributed by atoms with E-state index in [4.69, 9.17) is 11.6 Å². The van der Waals surface area contributed by atoms with E-state index < -0.39 is 0 Å². The van der Waals surface area contributed by atoms with E-state index in [1.54, 1.807) is 21.7 Å². The zero-order valence-electron chi connectivity index (χ0n) is 14.8. The molecule has 1 aliphatic heterocycles. The highest BCUT2D eigenvalue weighted by atomic mass is 35.5. The predicted octanol–water partition coefficient (Wildman–Crippen LogP) is 2.51. The van der Waals surface area contributed by atoms with Gasteiger partial charge in [0.2, 0.25) is 5.78 Å². The third-order valence-corrected chi connectivity index (χ3v) is 5.14. The summed E-state index contributed by atoms with van der Waals surface area (Å²) >= 11 is 5.94. The van der Waals surface area contributed by atoms with Crippen LogP contribution in [-0.4, -0.2) is 56.8 Å². The molecule has 1 unspecified atom stereocenters. The number of hydrogen-bond donors (Lipinski definition) is 0. The number of benzene rings is 1. The highest BCUT2D eigenvalue weighted by Gasteiger charge is 2.26. The largest absolute Gasteiger partial charge is 0.339 e. The van der Waals surface area contributed by atoms with Crippen molar-refractivity contribution in [1.82, 2.24) is 24.2 Å². The summed E-state index contributed by atoms with van der Waals surface area (Å²) in [6, 6.07) is 8.78. The van der Waals surface area contributed by atoms with Crippen LogP contribution >= 0.6 is 11.6 Å². The number of halogens is 1. The molecule has 0 saturated heterocycles. The first-order valence-corrected chi connectivity index (χ1v) is 8.92. The Morgan fingerprint density at radius 1 is 1.31 bits per heavy atom. The van der Waals surface area contributed by atoms with Gasteiger partial charge in [0.25, 0.3) is 5.91 Å². The molecular weight excluding hydrogens is 350 g/mol. The fourth-order valence-corrected chi connectivity index (χ4v) is 3.63. The highest BCUT2D eigenvalue weighted by Crippen LogP contribution is 2.22. The summed E-state index contributed by atoms with van der Waals surface area (Å²) in [5.74, 6) is 0.355. The summed E-state index contributed by atoms with van der Waals surface area (Å²) in [6.45, 7) is 1.55. The van der Waals surface area contributed by atoms with E-state index in [1.807, 2.05) is 7.05 Å². The molecule has 1 atom stereocenters. The van der Waals surface area contributed by atoms with E-state index >= 15 is 0 Å². The van der Waals surface area contributed by atoms with E-state index in [9.17, 15) is 4.79 Å². The van der Waals surface area contributed by atoms with E-state index in [0.717, 1.165) is 13.0 Å². The normalized spacial score (nSPS) is 17.3. The molecule has 26 heavy (non-hydrogen) atoms. The predicted molar refractivity (Wildman–Crippen MR) is 100 cm³/mol. The number of nitrogens with zero attached hydrogens (tertiary/aromatic N) is 5. The molecule has 1 amide bonds. The number of aromatic nitrogens is 3. The average molecular weight is 370 g/mol. The number of imidazole rings is 1. The van der Waals surface area contributed by atoms with Gasteiger partial charge < -0.3 is 4.90 Å². The summed E-state index contributed by atoms with van der Waals surface area (Å²) in [7, 11) is 3.93. The van der Waals surface area contributed by atoms with E-state index in [2.05, 4.69) is 46.2 Å². The SMILES string of the molecule is CN(CC1Cc2ccccc2CN1C)C(=O)c1cn2cc(Cl)cnc2n1. The Kier molecular flexibility index (Phi) is 4.38. The van der Waals surface area contributed by atoms with Crippen LogP contribution < -0.4 is 0 Å². The van der Waals surface area contributed by atoms with Gasteiger partial charge in [-0.25, -0.2) is 9.97 Å². The van der Waals surface area contributed by atoms with Crippen LogP contribution in [0.15, 0.2) is 42.9 Å². The third-order valence-electron chi connectivity index (χ3n) is 4.95. The van der Waals surface area contributed by atoms with Gasteiger partial charge in [-0.2, -0.15) is 0 Å². The van der Waals surface area contributed by atoms with Crippen LogP contribution in [0, 0.1) is 0 Å². The molecule has 1 aromatic carbocycles. The van der Waals surface area contributed by atoms with E-state index in [-0.39, 0.29) is 11.9 Å². The molecule has 0 N–H and O–H groups in total. The summed E-state index contributed by atoms with van der Waals surface area (Å²) in [5, 5.41) is 0.504. The number of amides is 1. The van der Waals surface area contributed by atoms with Crippen LogP contribution in [0.5, 0.6) is 0 Å². The van der Waals surface area contributed by atoms with Gasteiger partial charge in [-0.1, -0.05) is 35.9 Å². The minimum atomic E-state index is -0.112. The van der Waals surface area contributed by atoms with Crippen LogP contribution in [0.25, 0.3) is 5.78 Å². The topological polar surface area (TPSA) is 53.7 Å². The van der Waals surface area contributed by atoms with Gasteiger partial charge in [-0.15, -0.1) is 0 Å². The third kappa shape index (κ3) is 3.18. The second kappa shape index (κ2) is 6.70. The lowest BCUT2D eigenvalue weighted by atomic mass is 9.94. The Morgan fingerprint density at radius 2 is 2.08 bits per heavy atom. The average Bonchev–Trinajstić information content (AvgIpc) is 3.04. The first kappa shape index (κ1) is 17.0. The molecule has 7 heteroatoms. The standard InChI is InChI=1S/C19H20ClN5O/c1-23-9-14-6-4-3-5-13(14)7-16(23)11-24(2)18(26)17-12-25-10-15(20)8-21-19(25)22-17/h3-6,8,10,12,16H,7,9,11H2,1-2H3. The number of likely N-dealkylation sites (N-methyl/N-ethyl adjacent to an activating group) is 2. The Bertz CT molecular complexity index is 969. The van der Waals surface area contributed by atoms with Gasteiger partial charge in [0.15, 0.2) is 0 Å². The summed E-state index contributed by atoms with van der Waals surface area (Å²) < 4.78 is 1.67. The van der Waals surface area contributed by atoms with Crippen LogP contribution in [0.3, 0.4) is 0 Å². The lowest BCUT2D eigenvalue weighted by molar-refractivity contribution is 0.0728. The van der Waals surface area contributed by atoms with Crippen molar-refractivity contribution in [2.24, 2.45) is 0 Å². The maximum Gasteiger partial charge on any atom is 0.273 e. The number of carbonyl (C=O) groups is 1. The van der Waals surface area contributed by atoms with Gasteiger partial charge in [0.05, 0.1) is 11.2 Å². The molecule has 134 valence electrons. The quantitative estimate of drug-likeness (QED) is 0.712. The molecular formula is C19H20ClN5O. The minimum Gasteiger partial charge on any atom is -0.339 e. The van der Waals surface area contributed by atoms with Crippen LogP contribution in [0.1, 0.15) is 21.6 Å². The van der Waals surface area contributed by atoms with Crippen molar-refractivity contribution in [1.29, 1.82) is 0 Å². The molecule has 0 spiro atoms. The van der Waals surface area contributed by atoms with Crippen molar-refractivity contribution in [2.75, 3.05) is 20.6 Å². The second-order valence-electron chi connectivity index (χ2n) is 6.83. The van der Waals surface area contributed by atoms with Crippen LogP contribution in [-0.2, 0) is 13.0 Å². The van der Waals surface area contributed by atoms with Gasteiger partial charge in [0, 0.05) is 38.6 Å². The Labute approximate surface area is 157 Å². The molecule has 1 aliphatic rings. The molecule has 0 aliphatic carbocycles. The Balaban J connectivity index is 1.50. The van der Waals surface area contributed by atoms with Crippen molar-refractivity contribution >= 4 is 23.3 Å². The maximum absolute atomic E-state index is 12.8. The molecule has 0 bridgehead atoms. The smallest absolute Gasteiger partial charge is 0.273 e. The first-order valence-electron chi connectivity index (χ1n) is 8.54. The van der Waals surface area contributed by atoms with Gasteiger partial charge >= 0.3 is 0 Å². The van der Waals surface area contributed by atoms with Crippen molar-refractivity contribution in [3.63, 3.8) is 0 Å². The van der Waals surface area contributed by atoms with Crippen molar-refractivity contribution in [3.05, 3.63) is 64.7 Å². The first-order chi connectivity index (χ1) is 12.5. The Hall–Kier alpha value is -2.44. The molecule has 4 rings (SSSR count). The molecule has 0 fully saturated rings. The lowest BCUT2D eigenvalue weighted by Gasteiger charge is -2.36. The van der Waals surface area contributed by atoms with Gasteiger partial charge in [-0.05, 0) is 24.6 Å². The minimum absolute atomic E-state index is 0.112. The van der Waals surface area contributed by atoms with Crippen LogP contribution in [0.2, 0.25) is 5.02 Å². The van der Waals surface area contributed by atoms with E-state index in [0.29, 0.717) is 23.0 Å².